The van der Waals surface area contributed by atoms with Gasteiger partial charge in [-0.05, 0) is 30.2 Å². The van der Waals surface area contributed by atoms with Crippen molar-refractivity contribution in [1.82, 2.24) is 0 Å². The van der Waals surface area contributed by atoms with E-state index in [0.717, 1.165) is 0 Å². The first-order valence-electron chi connectivity index (χ1n) is 6.88. The lowest BCUT2D eigenvalue weighted by Gasteiger charge is -2.02. The molecule has 2 aromatic rings. The van der Waals surface area contributed by atoms with Crippen molar-refractivity contribution in [2.45, 2.75) is 6.92 Å². The van der Waals surface area contributed by atoms with Crippen LogP contribution in [0.4, 0.5) is 5.69 Å². The Bertz CT molecular complexity index is 854. The second-order valence-electron chi connectivity index (χ2n) is 4.95. The normalized spacial score (nSPS) is 15.9. The highest BCUT2D eigenvalue weighted by atomic mass is 16.6. The number of nitro groups is 1. The first-order chi connectivity index (χ1) is 11.1. The molecule has 3 rings (SSSR count). The fraction of sp³-hybridized carbons (Fsp3) is 0.0588. The van der Waals surface area contributed by atoms with Crippen molar-refractivity contribution >= 4 is 23.1 Å². The van der Waals surface area contributed by atoms with E-state index in [1.165, 1.54) is 12.1 Å². The van der Waals surface area contributed by atoms with Gasteiger partial charge in [-0.1, -0.05) is 30.3 Å². The van der Waals surface area contributed by atoms with Crippen LogP contribution in [0.15, 0.2) is 65.3 Å². The third kappa shape index (κ3) is 2.87. The van der Waals surface area contributed by atoms with Crippen molar-refractivity contribution in [2.75, 3.05) is 0 Å². The first-order valence-corrected chi connectivity index (χ1v) is 6.88. The fourth-order valence-electron chi connectivity index (χ4n) is 2.24. The van der Waals surface area contributed by atoms with Gasteiger partial charge in [-0.3, -0.25) is 10.1 Å². The number of non-ortho nitro benzene ring substituents is 1. The Balaban J connectivity index is 2.03. The predicted octanol–water partition coefficient (Wildman–Crippen LogP) is 3.33. The van der Waals surface area contributed by atoms with E-state index < -0.39 is 10.9 Å². The van der Waals surface area contributed by atoms with Crippen molar-refractivity contribution in [3.05, 3.63) is 81.5 Å². The maximum absolute atomic E-state index is 12.1. The average Bonchev–Trinajstić information content (AvgIpc) is 2.97. The van der Waals surface area contributed by atoms with Gasteiger partial charge in [-0.25, -0.2) is 9.79 Å². The Hall–Kier alpha value is -3.28. The summed E-state index contributed by atoms with van der Waals surface area (Å²) >= 11 is 0. The van der Waals surface area contributed by atoms with E-state index in [0.29, 0.717) is 16.7 Å². The van der Waals surface area contributed by atoms with Gasteiger partial charge in [0.15, 0.2) is 5.70 Å². The molecule has 0 atom stereocenters. The molecule has 6 heteroatoms. The van der Waals surface area contributed by atoms with Crippen molar-refractivity contribution < 1.29 is 14.5 Å². The maximum atomic E-state index is 12.1. The zero-order valence-electron chi connectivity index (χ0n) is 12.2. The van der Waals surface area contributed by atoms with Crippen LogP contribution in [0.5, 0.6) is 0 Å². The Labute approximate surface area is 131 Å². The molecule has 0 N–H and O–H groups in total. The number of cyclic esters (lactones) is 1. The SMILES string of the molecule is C/C(=C1\N=C(c2ccccc2)OC1=O)c1cccc([N+](=O)[O-])c1. The predicted molar refractivity (Wildman–Crippen MR) is 84.8 cm³/mol. The van der Waals surface area contributed by atoms with Gasteiger partial charge in [-0.15, -0.1) is 0 Å². The zero-order chi connectivity index (χ0) is 16.4. The largest absolute Gasteiger partial charge is 0.402 e. The Morgan fingerprint density at radius 2 is 1.87 bits per heavy atom. The van der Waals surface area contributed by atoms with Crippen molar-refractivity contribution in [3.8, 4) is 0 Å². The van der Waals surface area contributed by atoms with Gasteiger partial charge in [-0.2, -0.15) is 0 Å². The van der Waals surface area contributed by atoms with E-state index in [9.17, 15) is 14.9 Å². The second kappa shape index (κ2) is 5.84. The highest BCUT2D eigenvalue weighted by Crippen LogP contribution is 2.27. The van der Waals surface area contributed by atoms with Gasteiger partial charge in [0, 0.05) is 17.7 Å². The molecule has 0 saturated heterocycles. The van der Waals surface area contributed by atoms with Crippen LogP contribution in [0.25, 0.3) is 5.57 Å². The van der Waals surface area contributed by atoms with E-state index in [1.54, 1.807) is 31.2 Å². The molecule has 0 radical (unpaired) electrons. The van der Waals surface area contributed by atoms with E-state index >= 15 is 0 Å². The number of hydrogen-bond donors (Lipinski definition) is 0. The molecule has 114 valence electrons. The van der Waals surface area contributed by atoms with Gasteiger partial charge in [0.05, 0.1) is 4.92 Å². The van der Waals surface area contributed by atoms with Crippen LogP contribution in [-0.4, -0.2) is 16.8 Å². The van der Waals surface area contributed by atoms with Crippen molar-refractivity contribution in [2.24, 2.45) is 4.99 Å². The molecule has 0 aromatic heterocycles. The van der Waals surface area contributed by atoms with Crippen LogP contribution < -0.4 is 0 Å². The summed E-state index contributed by atoms with van der Waals surface area (Å²) in [6.07, 6.45) is 0. The molecule has 0 fully saturated rings. The van der Waals surface area contributed by atoms with Crippen LogP contribution in [0.3, 0.4) is 0 Å². The highest BCUT2D eigenvalue weighted by Gasteiger charge is 2.26. The lowest BCUT2D eigenvalue weighted by Crippen LogP contribution is -2.05. The minimum atomic E-state index is -0.562. The summed E-state index contributed by atoms with van der Waals surface area (Å²) in [5, 5.41) is 10.9. The molecule has 0 spiro atoms. The summed E-state index contributed by atoms with van der Waals surface area (Å²) in [4.78, 5) is 26.7. The quantitative estimate of drug-likeness (QED) is 0.377. The molecule has 23 heavy (non-hydrogen) atoms. The number of benzene rings is 2. The monoisotopic (exact) mass is 308 g/mol. The summed E-state index contributed by atoms with van der Waals surface area (Å²) < 4.78 is 5.20. The molecule has 0 unspecified atom stereocenters. The van der Waals surface area contributed by atoms with Crippen LogP contribution in [0, 0.1) is 10.1 Å². The molecule has 0 bridgehead atoms. The fourth-order valence-corrected chi connectivity index (χ4v) is 2.24. The third-order valence-electron chi connectivity index (χ3n) is 3.46. The Morgan fingerprint density at radius 1 is 1.13 bits per heavy atom. The van der Waals surface area contributed by atoms with E-state index in [4.69, 9.17) is 4.74 Å². The summed E-state index contributed by atoms with van der Waals surface area (Å²) in [6.45, 7) is 1.69. The molecule has 1 aliphatic heterocycles. The van der Waals surface area contributed by atoms with Gasteiger partial charge in [0.25, 0.3) is 5.69 Å². The number of aliphatic imine (C=N–C) groups is 1. The Kier molecular flexibility index (Phi) is 3.72. The number of carbonyl (C=O) groups excluding carboxylic acids is 1. The van der Waals surface area contributed by atoms with Crippen molar-refractivity contribution in [3.63, 3.8) is 0 Å². The summed E-state index contributed by atoms with van der Waals surface area (Å²) in [6, 6.07) is 15.1. The molecule has 0 saturated carbocycles. The van der Waals surface area contributed by atoms with Crippen LogP contribution >= 0.6 is 0 Å². The molecular weight excluding hydrogens is 296 g/mol. The van der Waals surface area contributed by atoms with Crippen LogP contribution in [0.2, 0.25) is 0 Å². The maximum Gasteiger partial charge on any atom is 0.364 e. The minimum Gasteiger partial charge on any atom is -0.402 e. The average molecular weight is 308 g/mol. The summed E-state index contributed by atoms with van der Waals surface area (Å²) in [5.41, 5.74) is 1.90. The minimum absolute atomic E-state index is 0.0407. The smallest absolute Gasteiger partial charge is 0.364 e. The van der Waals surface area contributed by atoms with Gasteiger partial charge in [0.2, 0.25) is 5.90 Å². The highest BCUT2D eigenvalue weighted by molar-refractivity contribution is 6.14. The number of esters is 1. The lowest BCUT2D eigenvalue weighted by atomic mass is 10.0. The van der Waals surface area contributed by atoms with Gasteiger partial charge in [0.1, 0.15) is 0 Å². The van der Waals surface area contributed by atoms with Crippen LogP contribution in [0.1, 0.15) is 18.1 Å². The third-order valence-corrected chi connectivity index (χ3v) is 3.46. The number of nitro benzene ring substituents is 1. The van der Waals surface area contributed by atoms with E-state index in [-0.39, 0.29) is 17.3 Å². The number of rotatable bonds is 3. The zero-order valence-corrected chi connectivity index (χ0v) is 12.2. The molecule has 1 aliphatic rings. The van der Waals surface area contributed by atoms with E-state index in [1.807, 2.05) is 18.2 Å². The van der Waals surface area contributed by atoms with Crippen molar-refractivity contribution in [1.29, 1.82) is 0 Å². The first kappa shape index (κ1) is 14.6. The Morgan fingerprint density at radius 3 is 2.57 bits per heavy atom. The lowest BCUT2D eigenvalue weighted by molar-refractivity contribution is -0.384. The van der Waals surface area contributed by atoms with E-state index in [2.05, 4.69) is 4.99 Å². The molecule has 0 aliphatic carbocycles. The number of hydrogen-bond acceptors (Lipinski definition) is 5. The van der Waals surface area contributed by atoms with Gasteiger partial charge >= 0.3 is 5.97 Å². The molecular formula is C17H12N2O4. The number of nitrogens with zero attached hydrogens (tertiary/aromatic N) is 2. The van der Waals surface area contributed by atoms with Gasteiger partial charge < -0.3 is 4.74 Å². The number of carbonyl (C=O) groups is 1. The second-order valence-corrected chi connectivity index (χ2v) is 4.95. The number of ether oxygens (including phenoxy) is 1. The summed E-state index contributed by atoms with van der Waals surface area (Å²) in [7, 11) is 0. The number of allylic oxidation sites excluding steroid dienone is 1. The standard InChI is InChI=1S/C17H12N2O4/c1-11(13-8-5-9-14(10-13)19(21)22)15-17(20)23-16(18-15)12-6-3-2-4-7-12/h2-10H,1H3/b15-11+. The summed E-state index contributed by atoms with van der Waals surface area (Å²) in [5.74, 6) is -0.330. The van der Waals surface area contributed by atoms with Crippen LogP contribution in [-0.2, 0) is 9.53 Å². The topological polar surface area (TPSA) is 81.8 Å². The molecule has 1 heterocycles. The molecule has 0 amide bonds. The molecule has 2 aromatic carbocycles. The molecule has 6 nitrogen and oxygen atoms in total.